The largest absolute Gasteiger partial charge is 0.340 e. The fraction of sp³-hybridized carbons (Fsp3) is 0.214. The summed E-state index contributed by atoms with van der Waals surface area (Å²) >= 11 is 6.06. The normalized spacial score (nSPS) is 11.0. The molecule has 0 amide bonds. The molecule has 3 aromatic rings. The lowest BCUT2D eigenvalue weighted by Gasteiger charge is -2.14. The van der Waals surface area contributed by atoms with Crippen molar-refractivity contribution in [3.05, 3.63) is 46.4 Å². The molecule has 0 saturated carbocycles. The quantitative estimate of drug-likeness (QED) is 0.784. The van der Waals surface area contributed by atoms with Crippen LogP contribution < -0.4 is 5.32 Å². The van der Waals surface area contributed by atoms with Gasteiger partial charge in [0.1, 0.15) is 12.1 Å². The van der Waals surface area contributed by atoms with Gasteiger partial charge in [-0.3, -0.25) is 0 Å². The molecular formula is C14H14ClN5. The fourth-order valence-corrected chi connectivity index (χ4v) is 2.21. The van der Waals surface area contributed by atoms with E-state index in [-0.39, 0.29) is 0 Å². The van der Waals surface area contributed by atoms with Crippen LogP contribution >= 0.6 is 11.6 Å². The van der Waals surface area contributed by atoms with Gasteiger partial charge < -0.3 is 5.32 Å². The van der Waals surface area contributed by atoms with E-state index < -0.39 is 0 Å². The molecule has 0 spiro atoms. The minimum Gasteiger partial charge on any atom is -0.340 e. The Labute approximate surface area is 121 Å². The minimum atomic E-state index is 0.579. The molecule has 102 valence electrons. The van der Waals surface area contributed by atoms with Crippen LogP contribution in [0.25, 0.3) is 5.78 Å². The zero-order valence-electron chi connectivity index (χ0n) is 11.5. The van der Waals surface area contributed by atoms with Gasteiger partial charge in [-0.05, 0) is 38.5 Å². The Balaban J connectivity index is 2.17. The highest BCUT2D eigenvalue weighted by molar-refractivity contribution is 6.30. The molecule has 0 radical (unpaired) electrons. The second-order valence-electron chi connectivity index (χ2n) is 4.73. The van der Waals surface area contributed by atoms with Crippen molar-refractivity contribution in [1.82, 2.24) is 19.6 Å². The van der Waals surface area contributed by atoms with Gasteiger partial charge in [0.2, 0.25) is 0 Å². The van der Waals surface area contributed by atoms with Gasteiger partial charge in [0.05, 0.1) is 0 Å². The molecule has 2 heterocycles. The van der Waals surface area contributed by atoms with Gasteiger partial charge in [-0.1, -0.05) is 17.7 Å². The van der Waals surface area contributed by atoms with E-state index in [0.717, 1.165) is 28.3 Å². The minimum absolute atomic E-state index is 0.579. The van der Waals surface area contributed by atoms with Gasteiger partial charge in [0, 0.05) is 22.0 Å². The number of nitrogens with one attached hydrogen (secondary N) is 1. The first kappa shape index (κ1) is 12.9. The molecule has 1 aromatic carbocycles. The van der Waals surface area contributed by atoms with Gasteiger partial charge in [0.15, 0.2) is 0 Å². The number of hydrogen-bond acceptors (Lipinski definition) is 4. The van der Waals surface area contributed by atoms with E-state index >= 15 is 0 Å². The summed E-state index contributed by atoms with van der Waals surface area (Å²) in [6, 6.07) is 5.75. The lowest BCUT2D eigenvalue weighted by molar-refractivity contribution is 0.923. The molecule has 0 bridgehead atoms. The molecule has 0 unspecified atom stereocenters. The lowest BCUT2D eigenvalue weighted by atomic mass is 10.2. The average molecular weight is 288 g/mol. The number of benzene rings is 1. The molecule has 0 aliphatic heterocycles. The highest BCUT2D eigenvalue weighted by atomic mass is 35.5. The lowest BCUT2D eigenvalue weighted by Crippen LogP contribution is -2.07. The highest BCUT2D eigenvalue weighted by Crippen LogP contribution is 2.26. The topological polar surface area (TPSA) is 55.1 Å². The second-order valence-corrected chi connectivity index (χ2v) is 5.16. The van der Waals surface area contributed by atoms with Gasteiger partial charge in [-0.25, -0.2) is 4.98 Å². The summed E-state index contributed by atoms with van der Waals surface area (Å²) in [4.78, 5) is 8.54. The summed E-state index contributed by atoms with van der Waals surface area (Å²) in [5.41, 5.74) is 4.01. The van der Waals surface area contributed by atoms with Crippen LogP contribution in [0.2, 0.25) is 5.02 Å². The molecule has 0 aliphatic rings. The SMILES string of the molecule is Cc1ccc(Cl)cc1Nc1c(C)c(C)nc2ncnn12. The van der Waals surface area contributed by atoms with Crippen molar-refractivity contribution in [3.63, 3.8) is 0 Å². The van der Waals surface area contributed by atoms with Crippen molar-refractivity contribution in [3.8, 4) is 0 Å². The zero-order chi connectivity index (χ0) is 14.3. The third-order valence-electron chi connectivity index (χ3n) is 3.36. The van der Waals surface area contributed by atoms with Crippen molar-refractivity contribution in [1.29, 1.82) is 0 Å². The van der Waals surface area contributed by atoms with Crippen molar-refractivity contribution < 1.29 is 0 Å². The van der Waals surface area contributed by atoms with Crippen LogP contribution in [0.4, 0.5) is 11.5 Å². The molecular weight excluding hydrogens is 274 g/mol. The molecule has 6 heteroatoms. The molecule has 3 rings (SSSR count). The van der Waals surface area contributed by atoms with Crippen LogP contribution in [0.15, 0.2) is 24.5 Å². The zero-order valence-corrected chi connectivity index (χ0v) is 12.2. The highest BCUT2D eigenvalue weighted by Gasteiger charge is 2.12. The van der Waals surface area contributed by atoms with E-state index in [0.29, 0.717) is 10.8 Å². The molecule has 2 aromatic heterocycles. The standard InChI is InChI=1S/C14H14ClN5/c1-8-4-5-11(15)6-12(8)19-13-9(2)10(3)18-14-16-7-17-20(13)14/h4-7,19H,1-3H3. The van der Waals surface area contributed by atoms with Crippen LogP contribution in [-0.2, 0) is 0 Å². The van der Waals surface area contributed by atoms with Gasteiger partial charge in [0.25, 0.3) is 5.78 Å². The van der Waals surface area contributed by atoms with E-state index in [1.807, 2.05) is 39.0 Å². The Morgan fingerprint density at radius 2 is 2.00 bits per heavy atom. The summed E-state index contributed by atoms with van der Waals surface area (Å²) < 4.78 is 1.70. The second kappa shape index (κ2) is 4.76. The number of rotatable bonds is 2. The third kappa shape index (κ3) is 2.10. The number of hydrogen-bond donors (Lipinski definition) is 1. The van der Waals surface area contributed by atoms with E-state index in [2.05, 4.69) is 20.4 Å². The number of anilines is 2. The Kier molecular flexibility index (Phi) is 3.06. The summed E-state index contributed by atoms with van der Waals surface area (Å²) in [6.45, 7) is 5.99. The Morgan fingerprint density at radius 1 is 1.20 bits per heavy atom. The molecule has 5 nitrogen and oxygen atoms in total. The smallest absolute Gasteiger partial charge is 0.254 e. The van der Waals surface area contributed by atoms with Gasteiger partial charge in [-0.2, -0.15) is 14.6 Å². The molecule has 0 fully saturated rings. The van der Waals surface area contributed by atoms with Gasteiger partial charge >= 0.3 is 0 Å². The summed E-state index contributed by atoms with van der Waals surface area (Å²) in [5, 5.41) is 8.29. The predicted molar refractivity (Wildman–Crippen MR) is 79.7 cm³/mol. The first-order chi connectivity index (χ1) is 9.56. The van der Waals surface area contributed by atoms with Crippen molar-refractivity contribution >= 4 is 28.9 Å². The van der Waals surface area contributed by atoms with Crippen LogP contribution in [0.5, 0.6) is 0 Å². The van der Waals surface area contributed by atoms with E-state index in [1.54, 1.807) is 4.52 Å². The Hall–Kier alpha value is -2.14. The van der Waals surface area contributed by atoms with E-state index in [4.69, 9.17) is 11.6 Å². The number of fused-ring (bicyclic) bond motifs is 1. The van der Waals surface area contributed by atoms with Gasteiger partial charge in [-0.15, -0.1) is 0 Å². The molecule has 0 atom stereocenters. The number of nitrogens with zero attached hydrogens (tertiary/aromatic N) is 4. The maximum Gasteiger partial charge on any atom is 0.254 e. The molecule has 20 heavy (non-hydrogen) atoms. The predicted octanol–water partition coefficient (Wildman–Crippen LogP) is 3.45. The average Bonchev–Trinajstić information content (AvgIpc) is 2.86. The van der Waals surface area contributed by atoms with E-state index in [1.165, 1.54) is 6.33 Å². The molecule has 1 N–H and O–H groups in total. The maximum absolute atomic E-state index is 6.06. The summed E-state index contributed by atoms with van der Waals surface area (Å²) in [6.07, 6.45) is 1.50. The van der Waals surface area contributed by atoms with Crippen molar-refractivity contribution in [2.45, 2.75) is 20.8 Å². The van der Waals surface area contributed by atoms with Crippen molar-refractivity contribution in [2.24, 2.45) is 0 Å². The third-order valence-corrected chi connectivity index (χ3v) is 3.59. The summed E-state index contributed by atoms with van der Waals surface area (Å²) in [5.74, 6) is 1.44. The van der Waals surface area contributed by atoms with Crippen LogP contribution in [0.1, 0.15) is 16.8 Å². The Morgan fingerprint density at radius 3 is 2.80 bits per heavy atom. The fourth-order valence-electron chi connectivity index (χ4n) is 2.04. The number of aromatic nitrogens is 4. The van der Waals surface area contributed by atoms with Crippen LogP contribution in [0.3, 0.4) is 0 Å². The summed E-state index contributed by atoms with van der Waals surface area (Å²) in [7, 11) is 0. The maximum atomic E-state index is 6.06. The molecule has 0 saturated heterocycles. The van der Waals surface area contributed by atoms with E-state index in [9.17, 15) is 0 Å². The van der Waals surface area contributed by atoms with Crippen molar-refractivity contribution in [2.75, 3.05) is 5.32 Å². The first-order valence-corrected chi connectivity index (χ1v) is 6.64. The van der Waals surface area contributed by atoms with Crippen LogP contribution in [0, 0.1) is 20.8 Å². The number of aryl methyl sites for hydroxylation is 2. The van der Waals surface area contributed by atoms with Crippen LogP contribution in [-0.4, -0.2) is 19.6 Å². The number of halogens is 1. The molecule has 0 aliphatic carbocycles. The monoisotopic (exact) mass is 287 g/mol. The Bertz CT molecular complexity index is 794. The first-order valence-electron chi connectivity index (χ1n) is 6.26.